The highest BCUT2D eigenvalue weighted by atomic mass is 16.3. The maximum absolute atomic E-state index is 11.1. The second-order valence-electron chi connectivity index (χ2n) is 7.53. The molecular formula is C22H28N4O4. The van der Waals surface area contributed by atoms with Crippen LogP contribution in [0.2, 0.25) is 0 Å². The van der Waals surface area contributed by atoms with Gasteiger partial charge in [-0.3, -0.25) is 19.7 Å². The monoisotopic (exact) mass is 412 g/mol. The number of benzene rings is 1. The van der Waals surface area contributed by atoms with Gasteiger partial charge in [-0.05, 0) is 44.3 Å². The fraction of sp³-hybridized carbons (Fsp3) is 0.364. The Hall–Kier alpha value is -2.94. The Morgan fingerprint density at radius 3 is 2.60 bits per heavy atom. The number of carbonyl (C=O) groups is 1. The number of aromatic amines is 1. The number of aliphatic hydroxyl groups excluding tert-OH is 1. The second kappa shape index (κ2) is 9.71. The molecule has 0 saturated carbocycles. The van der Waals surface area contributed by atoms with Gasteiger partial charge in [0.25, 0.3) is 6.47 Å². The van der Waals surface area contributed by atoms with Crippen LogP contribution in [0.5, 0.6) is 0 Å². The summed E-state index contributed by atoms with van der Waals surface area (Å²) in [6.07, 6.45) is 2.09. The van der Waals surface area contributed by atoms with Crippen molar-refractivity contribution in [3.8, 4) is 11.5 Å². The van der Waals surface area contributed by atoms with Crippen molar-refractivity contribution in [3.05, 3.63) is 66.1 Å². The quantitative estimate of drug-likeness (QED) is 0.553. The molecule has 1 saturated heterocycles. The van der Waals surface area contributed by atoms with E-state index in [1.54, 1.807) is 6.20 Å². The Labute approximate surface area is 175 Å². The van der Waals surface area contributed by atoms with Crippen LogP contribution in [0.15, 0.2) is 59.1 Å². The summed E-state index contributed by atoms with van der Waals surface area (Å²) in [5.74, 6) is 1.68. The molecule has 2 atom stereocenters. The normalized spacial score (nSPS) is 21.8. The fourth-order valence-electron chi connectivity index (χ4n) is 4.19. The first-order valence-corrected chi connectivity index (χ1v) is 9.81. The molecule has 0 aliphatic carbocycles. The molecule has 3 heterocycles. The van der Waals surface area contributed by atoms with Gasteiger partial charge in [0, 0.05) is 19.3 Å². The number of piperidine rings is 1. The third-order valence-electron chi connectivity index (χ3n) is 5.67. The number of H-pyrrole nitrogens is 1. The van der Waals surface area contributed by atoms with Crippen LogP contribution < -0.4 is 0 Å². The number of aliphatic hydroxyl groups is 1. The Morgan fingerprint density at radius 1 is 1.27 bits per heavy atom. The predicted octanol–water partition coefficient (Wildman–Crippen LogP) is 2.39. The number of nitrogens with zero attached hydrogens (tertiary/aromatic N) is 3. The van der Waals surface area contributed by atoms with Crippen LogP contribution in [0.3, 0.4) is 0 Å². The van der Waals surface area contributed by atoms with Crippen LogP contribution >= 0.6 is 0 Å². The number of β-amino-alcohol motifs (C(OH)–C–C–N with tert-alkyl or cyclic N) is 1. The van der Waals surface area contributed by atoms with E-state index in [2.05, 4.69) is 46.2 Å². The minimum absolute atomic E-state index is 0.250. The Bertz CT molecular complexity index is 910. The summed E-state index contributed by atoms with van der Waals surface area (Å²) in [7, 11) is 4.10. The topological polar surface area (TPSA) is 106 Å². The number of likely N-dealkylation sites (tertiary alicyclic amines) is 1. The highest BCUT2D eigenvalue weighted by molar-refractivity contribution is 5.51. The highest BCUT2D eigenvalue weighted by Crippen LogP contribution is 2.38. The number of rotatable bonds is 5. The Balaban J connectivity index is 0.000000806. The van der Waals surface area contributed by atoms with Crippen LogP contribution in [-0.2, 0) is 16.9 Å². The molecule has 0 spiro atoms. The zero-order chi connectivity index (χ0) is 21.6. The van der Waals surface area contributed by atoms with Crippen molar-refractivity contribution in [2.45, 2.75) is 24.6 Å². The van der Waals surface area contributed by atoms with Gasteiger partial charge in [-0.1, -0.05) is 30.3 Å². The molecule has 1 aliphatic rings. The van der Waals surface area contributed by atoms with Gasteiger partial charge in [0.15, 0.2) is 5.76 Å². The Kier molecular flexibility index (Phi) is 7.04. The van der Waals surface area contributed by atoms with Crippen molar-refractivity contribution in [1.82, 2.24) is 20.0 Å². The molecule has 8 heteroatoms. The smallest absolute Gasteiger partial charge is 0.290 e. The predicted molar refractivity (Wildman–Crippen MR) is 113 cm³/mol. The van der Waals surface area contributed by atoms with Crippen molar-refractivity contribution >= 4 is 6.47 Å². The number of hydrogen-bond acceptors (Lipinski definition) is 6. The zero-order valence-electron chi connectivity index (χ0n) is 17.2. The van der Waals surface area contributed by atoms with Gasteiger partial charge in [-0.15, -0.1) is 0 Å². The van der Waals surface area contributed by atoms with Crippen LogP contribution in [0.25, 0.3) is 11.5 Å². The number of likely N-dealkylation sites (N-methyl/N-ethyl adjacent to an activating group) is 1. The van der Waals surface area contributed by atoms with Crippen molar-refractivity contribution in [2.75, 3.05) is 27.2 Å². The van der Waals surface area contributed by atoms with Crippen molar-refractivity contribution in [3.63, 3.8) is 0 Å². The summed E-state index contributed by atoms with van der Waals surface area (Å²) in [4.78, 5) is 12.8. The molecule has 160 valence electrons. The van der Waals surface area contributed by atoms with E-state index in [1.807, 2.05) is 36.4 Å². The molecule has 8 nitrogen and oxygen atoms in total. The van der Waals surface area contributed by atoms with Gasteiger partial charge in [0.2, 0.25) is 0 Å². The zero-order valence-corrected chi connectivity index (χ0v) is 17.2. The molecule has 3 aromatic rings. The molecule has 1 aliphatic heterocycles. The van der Waals surface area contributed by atoms with E-state index in [0.29, 0.717) is 13.1 Å². The molecular weight excluding hydrogens is 384 g/mol. The molecule has 0 amide bonds. The number of aromatic nitrogens is 2. The van der Waals surface area contributed by atoms with Crippen LogP contribution in [0, 0.1) is 0 Å². The third-order valence-corrected chi connectivity index (χ3v) is 5.67. The number of carboxylic acid groups (broad SMARTS) is 1. The number of hydrogen-bond donors (Lipinski definition) is 3. The number of nitrogens with one attached hydrogen (secondary N) is 1. The Morgan fingerprint density at radius 2 is 2.00 bits per heavy atom. The lowest BCUT2D eigenvalue weighted by Crippen LogP contribution is -2.59. The molecule has 0 radical (unpaired) electrons. The molecule has 3 N–H and O–H groups in total. The van der Waals surface area contributed by atoms with E-state index in [9.17, 15) is 5.11 Å². The summed E-state index contributed by atoms with van der Waals surface area (Å²) in [5, 5.41) is 24.9. The lowest BCUT2D eigenvalue weighted by Gasteiger charge is -2.49. The lowest BCUT2D eigenvalue weighted by atomic mass is 9.77. The first-order valence-electron chi connectivity index (χ1n) is 9.81. The minimum atomic E-state index is -0.481. The lowest BCUT2D eigenvalue weighted by molar-refractivity contribution is -0.122. The van der Waals surface area contributed by atoms with Gasteiger partial charge in [-0.25, -0.2) is 0 Å². The highest BCUT2D eigenvalue weighted by Gasteiger charge is 2.45. The molecule has 1 aromatic carbocycles. The van der Waals surface area contributed by atoms with Gasteiger partial charge in [0.05, 0.1) is 18.2 Å². The van der Waals surface area contributed by atoms with E-state index in [1.165, 1.54) is 5.56 Å². The first-order chi connectivity index (χ1) is 14.5. The van der Waals surface area contributed by atoms with Crippen LogP contribution in [0.4, 0.5) is 0 Å². The number of furan rings is 1. The summed E-state index contributed by atoms with van der Waals surface area (Å²) in [6, 6.07) is 16.2. The fourth-order valence-corrected chi connectivity index (χ4v) is 4.19. The molecule has 30 heavy (non-hydrogen) atoms. The SMILES string of the molecule is CN(C)[C@]1(c2ccccc2)CCN(Cc2ccc(-c3ccn[nH]3)o2)C[C@H]1O.O=CO. The van der Waals surface area contributed by atoms with Gasteiger partial charge < -0.3 is 14.6 Å². The van der Waals surface area contributed by atoms with E-state index >= 15 is 0 Å². The van der Waals surface area contributed by atoms with E-state index in [0.717, 1.165) is 30.2 Å². The molecule has 1 fully saturated rings. The second-order valence-corrected chi connectivity index (χ2v) is 7.53. The van der Waals surface area contributed by atoms with Crippen LogP contribution in [-0.4, -0.2) is 70.0 Å². The maximum Gasteiger partial charge on any atom is 0.290 e. The molecule has 0 unspecified atom stereocenters. The molecule has 0 bridgehead atoms. The van der Waals surface area contributed by atoms with Gasteiger partial charge in [-0.2, -0.15) is 5.10 Å². The molecule has 2 aromatic heterocycles. The maximum atomic E-state index is 11.1. The van der Waals surface area contributed by atoms with Crippen molar-refractivity contribution < 1.29 is 19.4 Å². The molecule has 4 rings (SSSR count). The minimum Gasteiger partial charge on any atom is -0.483 e. The van der Waals surface area contributed by atoms with E-state index in [-0.39, 0.29) is 12.0 Å². The van der Waals surface area contributed by atoms with Crippen LogP contribution in [0.1, 0.15) is 17.7 Å². The summed E-state index contributed by atoms with van der Waals surface area (Å²) in [5.41, 5.74) is 1.68. The van der Waals surface area contributed by atoms with Crippen molar-refractivity contribution in [1.29, 1.82) is 0 Å². The van der Waals surface area contributed by atoms with Gasteiger partial charge >= 0.3 is 0 Å². The summed E-state index contributed by atoms with van der Waals surface area (Å²) >= 11 is 0. The summed E-state index contributed by atoms with van der Waals surface area (Å²) < 4.78 is 5.95. The summed E-state index contributed by atoms with van der Waals surface area (Å²) in [6.45, 7) is 1.93. The average Bonchev–Trinajstić information content (AvgIpc) is 3.41. The standard InChI is InChI=1S/C21H26N4O2.CH2O2/c1-24(2)21(16-6-4-3-5-7-16)11-13-25(15-20(21)26)14-17-8-9-19(27-17)18-10-12-22-23-18;2-1-3/h3-10,12,20,26H,11,13-15H2,1-2H3,(H,22,23);1H,(H,2,3)/t20-,21+;/m1./s1. The third kappa shape index (κ3) is 4.46. The van der Waals surface area contributed by atoms with E-state index in [4.69, 9.17) is 14.3 Å². The van der Waals surface area contributed by atoms with E-state index < -0.39 is 6.10 Å². The van der Waals surface area contributed by atoms with Crippen molar-refractivity contribution in [2.24, 2.45) is 0 Å². The first kappa shape index (κ1) is 21.8. The largest absolute Gasteiger partial charge is 0.483 e. The average molecular weight is 412 g/mol. The van der Waals surface area contributed by atoms with Gasteiger partial charge in [0.1, 0.15) is 11.5 Å².